The van der Waals surface area contributed by atoms with Crippen molar-refractivity contribution in [3.05, 3.63) is 59.7 Å². The molecule has 0 aromatic heterocycles. The maximum absolute atomic E-state index is 15.0. The van der Waals surface area contributed by atoms with Gasteiger partial charge in [0.2, 0.25) is 0 Å². The van der Waals surface area contributed by atoms with Crippen LogP contribution < -0.4 is 0 Å². The Morgan fingerprint density at radius 1 is 1.11 bits per heavy atom. The molecule has 2 saturated carbocycles. The van der Waals surface area contributed by atoms with Crippen molar-refractivity contribution in [1.82, 2.24) is 0 Å². The van der Waals surface area contributed by atoms with Crippen LogP contribution in [0.1, 0.15) is 64.2 Å². The van der Waals surface area contributed by atoms with Gasteiger partial charge in [-0.05, 0) is 37.1 Å². The molecule has 0 spiro atoms. The first-order chi connectivity index (χ1) is 20.6. The van der Waals surface area contributed by atoms with Gasteiger partial charge in [-0.2, -0.15) is 0 Å². The lowest BCUT2D eigenvalue weighted by molar-refractivity contribution is -0.345. The average molecular weight is 613 g/mol. The van der Waals surface area contributed by atoms with E-state index in [1.165, 1.54) is 32.1 Å². The first kappa shape index (κ1) is 32.0. The highest BCUT2D eigenvalue weighted by molar-refractivity contribution is 5.95. The van der Waals surface area contributed by atoms with Gasteiger partial charge in [0, 0.05) is 25.2 Å². The Hall–Kier alpha value is -3.38. The highest BCUT2D eigenvalue weighted by Crippen LogP contribution is 2.64. The quantitative estimate of drug-likeness (QED) is 0.245. The normalized spacial score (nSPS) is 39.0. The molecule has 5 rings (SSSR count). The summed E-state index contributed by atoms with van der Waals surface area (Å²) in [6, 6.07) is 8.04. The third-order valence-corrected chi connectivity index (χ3v) is 10.5. The lowest BCUT2D eigenvalue weighted by Crippen LogP contribution is -2.81. The largest absolute Gasteiger partial charge is 0.455 e. The van der Waals surface area contributed by atoms with Gasteiger partial charge in [0.05, 0.1) is 42.1 Å². The van der Waals surface area contributed by atoms with Gasteiger partial charge in [-0.1, -0.05) is 38.1 Å². The van der Waals surface area contributed by atoms with Crippen molar-refractivity contribution in [3.8, 4) is 0 Å². The van der Waals surface area contributed by atoms with E-state index in [-0.39, 0.29) is 37.0 Å². The molecule has 1 heterocycles. The van der Waals surface area contributed by atoms with Gasteiger partial charge in [-0.25, -0.2) is 4.79 Å². The molecule has 1 aromatic rings. The van der Waals surface area contributed by atoms with Crippen LogP contribution in [-0.2, 0) is 33.3 Å². The van der Waals surface area contributed by atoms with E-state index in [9.17, 15) is 34.5 Å². The number of hydrogen-bond acceptors (Lipinski definition) is 11. The maximum atomic E-state index is 15.0. The molecule has 3 aliphatic carbocycles. The number of aliphatic hydroxyl groups excluding tert-OH is 2. The SMILES string of the molecule is C=CCC(=O)O[C@H]1C(=O)[C@@]2(C)[C@H]([C@H](OC(=O)c3ccccc3)[C@]3(O)C[C@H](O)C(C)=C1C3(C)C)[C@]1(OC(C)=O)CO[C@@H]1C[C@@H]2O. The minimum Gasteiger partial charge on any atom is -0.455 e. The molecule has 3 N–H and O–H groups in total. The summed E-state index contributed by atoms with van der Waals surface area (Å²) in [6.07, 6.45) is -6.32. The minimum absolute atomic E-state index is 0.124. The molecular formula is C33H40O11. The van der Waals surface area contributed by atoms with Crippen molar-refractivity contribution in [2.75, 3.05) is 6.61 Å². The Balaban J connectivity index is 1.83. The van der Waals surface area contributed by atoms with Crippen LogP contribution in [0.4, 0.5) is 0 Å². The van der Waals surface area contributed by atoms with Crippen LogP contribution in [0.3, 0.4) is 0 Å². The fraction of sp³-hybridized carbons (Fsp3) is 0.576. The zero-order valence-corrected chi connectivity index (χ0v) is 25.6. The van der Waals surface area contributed by atoms with Gasteiger partial charge in [0.15, 0.2) is 17.5 Å². The second-order valence-corrected chi connectivity index (χ2v) is 13.1. The molecule has 1 aromatic carbocycles. The highest BCUT2D eigenvalue weighted by Gasteiger charge is 2.78. The molecule has 0 radical (unpaired) electrons. The average Bonchev–Trinajstić information content (AvgIpc) is 2.95. The van der Waals surface area contributed by atoms with Crippen LogP contribution in [-0.4, -0.2) is 87.3 Å². The number of hydrogen-bond donors (Lipinski definition) is 3. The molecule has 9 atom stereocenters. The smallest absolute Gasteiger partial charge is 0.338 e. The van der Waals surface area contributed by atoms with Crippen LogP contribution in [0.25, 0.3) is 0 Å². The van der Waals surface area contributed by atoms with Crippen molar-refractivity contribution < 1.29 is 53.4 Å². The number of ether oxygens (including phenoxy) is 4. The van der Waals surface area contributed by atoms with Crippen molar-refractivity contribution >= 4 is 23.7 Å². The number of ketones is 1. The van der Waals surface area contributed by atoms with Crippen LogP contribution in [0.2, 0.25) is 0 Å². The van der Waals surface area contributed by atoms with E-state index in [2.05, 4.69) is 6.58 Å². The molecule has 11 nitrogen and oxygen atoms in total. The summed E-state index contributed by atoms with van der Waals surface area (Å²) >= 11 is 0. The molecule has 0 amide bonds. The fourth-order valence-electron chi connectivity index (χ4n) is 8.04. The van der Waals surface area contributed by atoms with E-state index in [1.54, 1.807) is 39.0 Å². The first-order valence-electron chi connectivity index (χ1n) is 14.8. The predicted molar refractivity (Wildman–Crippen MR) is 154 cm³/mol. The molecule has 3 fully saturated rings. The van der Waals surface area contributed by atoms with E-state index >= 15 is 0 Å². The molecular weight excluding hydrogens is 572 g/mol. The molecule has 11 heteroatoms. The molecule has 2 bridgehead atoms. The Morgan fingerprint density at radius 3 is 2.34 bits per heavy atom. The summed E-state index contributed by atoms with van der Waals surface area (Å²) in [6.45, 7) is 10.8. The Bertz CT molecular complexity index is 1420. The minimum atomic E-state index is -2.13. The number of esters is 3. The first-order valence-corrected chi connectivity index (χ1v) is 14.8. The van der Waals surface area contributed by atoms with Gasteiger partial charge in [-0.15, -0.1) is 6.58 Å². The molecule has 0 unspecified atom stereocenters. The predicted octanol–water partition coefficient (Wildman–Crippen LogP) is 2.21. The second-order valence-electron chi connectivity index (χ2n) is 13.1. The summed E-state index contributed by atoms with van der Waals surface area (Å²) in [5, 5.41) is 36.1. The van der Waals surface area contributed by atoms with Crippen molar-refractivity contribution in [1.29, 1.82) is 0 Å². The van der Waals surface area contributed by atoms with E-state index in [1.807, 2.05) is 0 Å². The van der Waals surface area contributed by atoms with Gasteiger partial charge >= 0.3 is 17.9 Å². The standard InChI is InChI=1S/C33H40O11/c1-7-11-23(37)42-25-24-17(2)20(35)15-33(40,30(24,4)5)28(43-29(39)19-12-9-8-10-13-19)26-31(6,27(25)38)21(36)14-22-32(26,16-41-22)44-18(3)34/h7-10,12-13,20-22,25-26,28,35-36,40H,1,11,14-16H2,2-6H3/t20-,21-,22+,25+,26-,28-,31+,32-,33+/m0/s1. The van der Waals surface area contributed by atoms with E-state index in [4.69, 9.17) is 18.9 Å². The number of fused-ring (bicyclic) bond motifs is 5. The summed E-state index contributed by atoms with van der Waals surface area (Å²) in [5.74, 6) is -4.46. The summed E-state index contributed by atoms with van der Waals surface area (Å²) in [5.41, 5.74) is -6.51. The van der Waals surface area contributed by atoms with Crippen LogP contribution >= 0.6 is 0 Å². The second kappa shape index (κ2) is 10.9. The molecule has 4 aliphatic rings. The fourth-order valence-corrected chi connectivity index (χ4v) is 8.04. The van der Waals surface area contributed by atoms with E-state index in [0.717, 1.165) is 0 Å². The number of rotatable bonds is 6. The van der Waals surface area contributed by atoms with E-state index in [0.29, 0.717) is 5.57 Å². The maximum Gasteiger partial charge on any atom is 0.338 e. The van der Waals surface area contributed by atoms with Crippen molar-refractivity contribution in [3.63, 3.8) is 0 Å². The van der Waals surface area contributed by atoms with Crippen molar-refractivity contribution in [2.24, 2.45) is 16.7 Å². The zero-order chi connectivity index (χ0) is 32.4. The number of aliphatic hydroxyl groups is 3. The number of Topliss-reactive ketones (excluding diaryl/α,β-unsaturated/α-hetero) is 1. The van der Waals surface area contributed by atoms with Gasteiger partial charge in [-0.3, -0.25) is 14.4 Å². The van der Waals surface area contributed by atoms with Crippen LogP contribution in [0, 0.1) is 16.7 Å². The van der Waals surface area contributed by atoms with Crippen LogP contribution in [0.15, 0.2) is 54.1 Å². The summed E-state index contributed by atoms with van der Waals surface area (Å²) < 4.78 is 23.7. The number of carbonyl (C=O) groups excluding carboxylic acids is 4. The summed E-state index contributed by atoms with van der Waals surface area (Å²) in [7, 11) is 0. The number of carbonyl (C=O) groups is 4. The lowest BCUT2D eigenvalue weighted by Gasteiger charge is -2.67. The molecule has 1 saturated heterocycles. The van der Waals surface area contributed by atoms with Crippen molar-refractivity contribution in [2.45, 2.75) is 95.6 Å². The van der Waals surface area contributed by atoms with Gasteiger partial charge < -0.3 is 34.3 Å². The van der Waals surface area contributed by atoms with E-state index < -0.39 is 82.2 Å². The topological polar surface area (TPSA) is 166 Å². The Labute approximate surface area is 255 Å². The zero-order valence-electron chi connectivity index (χ0n) is 25.6. The van der Waals surface area contributed by atoms with Gasteiger partial charge in [0.1, 0.15) is 17.8 Å². The number of benzene rings is 1. The third kappa shape index (κ3) is 4.47. The summed E-state index contributed by atoms with van der Waals surface area (Å²) in [4.78, 5) is 54.3. The molecule has 44 heavy (non-hydrogen) atoms. The lowest BCUT2D eigenvalue weighted by atomic mass is 9.44. The molecule has 238 valence electrons. The Morgan fingerprint density at radius 2 is 1.77 bits per heavy atom. The third-order valence-electron chi connectivity index (χ3n) is 10.5. The van der Waals surface area contributed by atoms with Crippen LogP contribution in [0.5, 0.6) is 0 Å². The Kier molecular flexibility index (Phi) is 7.94. The highest BCUT2D eigenvalue weighted by atomic mass is 16.6. The monoisotopic (exact) mass is 612 g/mol. The molecule has 1 aliphatic heterocycles. The van der Waals surface area contributed by atoms with Gasteiger partial charge in [0.25, 0.3) is 0 Å².